The van der Waals surface area contributed by atoms with Crippen molar-refractivity contribution in [2.45, 2.75) is 50.4 Å². The molecular formula is C13H25NO3. The van der Waals surface area contributed by atoms with E-state index in [-0.39, 0.29) is 0 Å². The molecule has 0 aromatic heterocycles. The molecule has 0 bridgehead atoms. The lowest BCUT2D eigenvalue weighted by Crippen LogP contribution is -2.55. The Bertz CT molecular complexity index is 225. The van der Waals surface area contributed by atoms with Gasteiger partial charge in [0, 0.05) is 26.3 Å². The summed E-state index contributed by atoms with van der Waals surface area (Å²) in [6, 6.07) is 0.529. The topological polar surface area (TPSA) is 41.9 Å². The van der Waals surface area contributed by atoms with Gasteiger partial charge in [-0.1, -0.05) is 0 Å². The number of aliphatic hydroxyl groups is 1. The number of ether oxygens (including phenoxy) is 2. The Morgan fingerprint density at radius 2 is 2.24 bits per heavy atom. The highest BCUT2D eigenvalue weighted by molar-refractivity contribution is 4.90. The van der Waals surface area contributed by atoms with Crippen LogP contribution in [0.25, 0.3) is 0 Å². The van der Waals surface area contributed by atoms with Crippen LogP contribution in [0.3, 0.4) is 0 Å². The van der Waals surface area contributed by atoms with Crippen LogP contribution in [0.5, 0.6) is 0 Å². The molecule has 3 unspecified atom stereocenters. The largest absolute Gasteiger partial charge is 0.396 e. The summed E-state index contributed by atoms with van der Waals surface area (Å²) in [5, 5.41) is 8.85. The Morgan fingerprint density at radius 3 is 3.00 bits per heavy atom. The maximum absolute atomic E-state index is 8.85. The molecule has 2 rings (SSSR count). The van der Waals surface area contributed by atoms with Crippen LogP contribution < -0.4 is 0 Å². The molecule has 0 amide bonds. The first-order chi connectivity index (χ1) is 8.35. The first kappa shape index (κ1) is 13.3. The quantitative estimate of drug-likeness (QED) is 0.732. The normalized spacial score (nSPS) is 34.6. The number of methoxy groups -OCH3 is 1. The fraction of sp³-hybridized carbons (Fsp3) is 1.00. The minimum Gasteiger partial charge on any atom is -0.396 e. The minimum atomic E-state index is 0.305. The van der Waals surface area contributed by atoms with Crippen LogP contribution >= 0.6 is 0 Å². The highest BCUT2D eigenvalue weighted by atomic mass is 16.5. The van der Waals surface area contributed by atoms with Crippen molar-refractivity contribution < 1.29 is 14.6 Å². The third-order valence-corrected chi connectivity index (χ3v) is 4.07. The molecule has 1 heterocycles. The lowest BCUT2D eigenvalue weighted by Gasteiger charge is -2.45. The summed E-state index contributed by atoms with van der Waals surface area (Å²) in [5.74, 6) is 0. The number of morpholine rings is 1. The summed E-state index contributed by atoms with van der Waals surface area (Å²) < 4.78 is 11.4. The van der Waals surface area contributed by atoms with E-state index >= 15 is 0 Å². The van der Waals surface area contributed by atoms with Gasteiger partial charge in [-0.05, 0) is 38.6 Å². The number of rotatable bonds is 5. The third kappa shape index (κ3) is 3.41. The van der Waals surface area contributed by atoms with E-state index in [0.717, 1.165) is 51.8 Å². The number of aliphatic hydroxyl groups excluding tert-OH is 1. The van der Waals surface area contributed by atoms with E-state index < -0.39 is 0 Å². The summed E-state index contributed by atoms with van der Waals surface area (Å²) in [7, 11) is 1.81. The van der Waals surface area contributed by atoms with E-state index in [1.807, 2.05) is 7.11 Å². The molecule has 1 aliphatic heterocycles. The van der Waals surface area contributed by atoms with E-state index in [1.165, 1.54) is 0 Å². The van der Waals surface area contributed by atoms with Gasteiger partial charge in [0.1, 0.15) is 0 Å². The molecule has 1 aliphatic carbocycles. The fourth-order valence-corrected chi connectivity index (χ4v) is 3.07. The van der Waals surface area contributed by atoms with Crippen LogP contribution in [0.4, 0.5) is 0 Å². The van der Waals surface area contributed by atoms with Crippen molar-refractivity contribution in [1.82, 2.24) is 4.90 Å². The average molecular weight is 243 g/mol. The van der Waals surface area contributed by atoms with Crippen LogP contribution in [0.15, 0.2) is 0 Å². The number of unbranched alkanes of at least 4 members (excludes halogenated alkanes) is 1. The lowest BCUT2D eigenvalue weighted by atomic mass is 9.88. The average Bonchev–Trinajstić information content (AvgIpc) is 2.39. The highest BCUT2D eigenvalue weighted by Crippen LogP contribution is 2.30. The molecule has 100 valence electrons. The van der Waals surface area contributed by atoms with Gasteiger partial charge in [-0.3, -0.25) is 4.90 Å². The number of hydrogen-bond donors (Lipinski definition) is 1. The van der Waals surface area contributed by atoms with Gasteiger partial charge in [-0.15, -0.1) is 0 Å². The number of nitrogens with zero attached hydrogens (tertiary/aromatic N) is 1. The number of hydrogen-bond acceptors (Lipinski definition) is 4. The van der Waals surface area contributed by atoms with Crippen molar-refractivity contribution in [2.75, 3.05) is 33.4 Å². The summed E-state index contributed by atoms with van der Waals surface area (Å²) in [5.41, 5.74) is 0. The van der Waals surface area contributed by atoms with Gasteiger partial charge in [-0.25, -0.2) is 0 Å². The molecule has 4 nitrogen and oxygen atoms in total. The molecule has 0 radical (unpaired) electrons. The molecule has 1 N–H and O–H groups in total. The zero-order valence-corrected chi connectivity index (χ0v) is 10.8. The molecule has 3 atom stereocenters. The van der Waals surface area contributed by atoms with Crippen molar-refractivity contribution in [3.63, 3.8) is 0 Å². The second kappa shape index (κ2) is 6.69. The van der Waals surface area contributed by atoms with Crippen molar-refractivity contribution >= 4 is 0 Å². The second-order valence-corrected chi connectivity index (χ2v) is 5.11. The molecular weight excluding hydrogens is 218 g/mol. The zero-order valence-electron chi connectivity index (χ0n) is 10.8. The number of fused-ring (bicyclic) bond motifs is 1. The van der Waals surface area contributed by atoms with Crippen LogP contribution in [0.2, 0.25) is 0 Å². The molecule has 1 saturated carbocycles. The van der Waals surface area contributed by atoms with Gasteiger partial charge in [0.2, 0.25) is 0 Å². The maximum atomic E-state index is 8.85. The Balaban J connectivity index is 1.86. The first-order valence-corrected chi connectivity index (χ1v) is 6.84. The van der Waals surface area contributed by atoms with Crippen LogP contribution in [-0.2, 0) is 9.47 Å². The van der Waals surface area contributed by atoms with E-state index in [0.29, 0.717) is 24.9 Å². The third-order valence-electron chi connectivity index (χ3n) is 4.07. The molecule has 4 heteroatoms. The Labute approximate surface area is 104 Å². The van der Waals surface area contributed by atoms with E-state index in [9.17, 15) is 0 Å². The van der Waals surface area contributed by atoms with Crippen molar-refractivity contribution in [3.05, 3.63) is 0 Å². The predicted molar refractivity (Wildman–Crippen MR) is 66.1 cm³/mol. The van der Waals surface area contributed by atoms with Crippen LogP contribution in [0.1, 0.15) is 32.1 Å². The van der Waals surface area contributed by atoms with E-state index in [1.54, 1.807) is 0 Å². The first-order valence-electron chi connectivity index (χ1n) is 6.84. The zero-order chi connectivity index (χ0) is 12.1. The minimum absolute atomic E-state index is 0.305. The molecule has 0 aromatic carbocycles. The van der Waals surface area contributed by atoms with Crippen LogP contribution in [0, 0.1) is 0 Å². The SMILES string of the molecule is COC1CCC2OCCN(CCCCO)C2C1. The molecule has 1 saturated heterocycles. The van der Waals surface area contributed by atoms with Crippen molar-refractivity contribution in [1.29, 1.82) is 0 Å². The van der Waals surface area contributed by atoms with E-state index in [4.69, 9.17) is 14.6 Å². The van der Waals surface area contributed by atoms with Gasteiger partial charge >= 0.3 is 0 Å². The maximum Gasteiger partial charge on any atom is 0.0732 e. The molecule has 17 heavy (non-hydrogen) atoms. The van der Waals surface area contributed by atoms with Gasteiger partial charge < -0.3 is 14.6 Å². The predicted octanol–water partition coefficient (Wildman–Crippen LogP) is 1.03. The van der Waals surface area contributed by atoms with Gasteiger partial charge in [-0.2, -0.15) is 0 Å². The standard InChI is InChI=1S/C13H25NO3/c1-16-11-4-5-13-12(10-11)14(7-9-17-13)6-2-3-8-15/h11-13,15H,2-10H2,1H3. The Kier molecular flexibility index (Phi) is 5.22. The Morgan fingerprint density at radius 1 is 1.35 bits per heavy atom. The summed E-state index contributed by atoms with van der Waals surface area (Å²) in [6.07, 6.45) is 6.14. The highest BCUT2D eigenvalue weighted by Gasteiger charge is 2.37. The lowest BCUT2D eigenvalue weighted by molar-refractivity contribution is -0.113. The molecule has 2 aliphatic rings. The van der Waals surface area contributed by atoms with Gasteiger partial charge in [0.25, 0.3) is 0 Å². The van der Waals surface area contributed by atoms with Crippen molar-refractivity contribution in [2.24, 2.45) is 0 Å². The van der Waals surface area contributed by atoms with E-state index in [2.05, 4.69) is 4.90 Å². The summed E-state index contributed by atoms with van der Waals surface area (Å²) in [4.78, 5) is 2.54. The van der Waals surface area contributed by atoms with Crippen molar-refractivity contribution in [3.8, 4) is 0 Å². The summed E-state index contributed by atoms with van der Waals surface area (Å²) in [6.45, 7) is 3.28. The van der Waals surface area contributed by atoms with Gasteiger partial charge in [0.05, 0.1) is 18.8 Å². The van der Waals surface area contributed by atoms with Crippen LogP contribution in [-0.4, -0.2) is 61.7 Å². The fourth-order valence-electron chi connectivity index (χ4n) is 3.07. The second-order valence-electron chi connectivity index (χ2n) is 5.11. The Hall–Kier alpha value is -0.160. The monoisotopic (exact) mass is 243 g/mol. The molecule has 0 spiro atoms. The summed E-state index contributed by atoms with van der Waals surface area (Å²) >= 11 is 0. The smallest absolute Gasteiger partial charge is 0.0732 e. The molecule has 2 fully saturated rings. The molecule has 0 aromatic rings. The van der Waals surface area contributed by atoms with Gasteiger partial charge in [0.15, 0.2) is 0 Å².